The lowest BCUT2D eigenvalue weighted by atomic mass is 10.1. The summed E-state index contributed by atoms with van der Waals surface area (Å²) < 4.78 is 1.93. The highest BCUT2D eigenvalue weighted by Crippen LogP contribution is 2.14. The second-order valence-corrected chi connectivity index (χ2v) is 3.88. The Labute approximate surface area is 101 Å². The summed E-state index contributed by atoms with van der Waals surface area (Å²) in [6.45, 7) is 2.98. The number of aromatic nitrogens is 4. The van der Waals surface area contributed by atoms with E-state index in [2.05, 4.69) is 33.5 Å². The molecule has 0 bridgehead atoms. The predicted octanol–water partition coefficient (Wildman–Crippen LogP) is 1.20. The first-order chi connectivity index (χ1) is 8.33. The summed E-state index contributed by atoms with van der Waals surface area (Å²) in [4.78, 5) is 8.20. The van der Waals surface area contributed by atoms with Crippen molar-refractivity contribution in [1.82, 2.24) is 25.1 Å². The highest BCUT2D eigenvalue weighted by atomic mass is 15.3. The normalized spacial score (nSPS) is 12.6. The zero-order valence-corrected chi connectivity index (χ0v) is 10.2. The van der Waals surface area contributed by atoms with Crippen LogP contribution in [0.25, 0.3) is 0 Å². The third kappa shape index (κ3) is 2.88. The Morgan fingerprint density at radius 3 is 2.94 bits per heavy atom. The van der Waals surface area contributed by atoms with Gasteiger partial charge < -0.3 is 5.32 Å². The number of nitrogens with zero attached hydrogens (tertiary/aromatic N) is 4. The van der Waals surface area contributed by atoms with Crippen molar-refractivity contribution in [3.63, 3.8) is 0 Å². The van der Waals surface area contributed by atoms with Gasteiger partial charge >= 0.3 is 0 Å². The van der Waals surface area contributed by atoms with Crippen molar-refractivity contribution in [3.05, 3.63) is 42.2 Å². The predicted molar refractivity (Wildman–Crippen MR) is 65.4 cm³/mol. The summed E-state index contributed by atoms with van der Waals surface area (Å²) in [7, 11) is 1.94. The first-order valence-corrected chi connectivity index (χ1v) is 5.78. The van der Waals surface area contributed by atoms with E-state index in [1.165, 1.54) is 5.56 Å². The topological polar surface area (TPSA) is 55.6 Å². The van der Waals surface area contributed by atoms with Crippen molar-refractivity contribution in [1.29, 1.82) is 0 Å². The fourth-order valence-electron chi connectivity index (χ4n) is 1.78. The van der Waals surface area contributed by atoms with Gasteiger partial charge in [0.25, 0.3) is 0 Å². The summed E-state index contributed by atoms with van der Waals surface area (Å²) in [6.07, 6.45) is 8.21. The van der Waals surface area contributed by atoms with Crippen LogP contribution in [-0.2, 0) is 13.0 Å². The monoisotopic (exact) mass is 231 g/mol. The molecule has 0 aromatic carbocycles. The van der Waals surface area contributed by atoms with E-state index >= 15 is 0 Å². The number of hydrogen-bond acceptors (Lipinski definition) is 4. The van der Waals surface area contributed by atoms with Crippen LogP contribution < -0.4 is 5.32 Å². The summed E-state index contributed by atoms with van der Waals surface area (Å²) in [6, 6.07) is 2.14. The molecule has 2 aromatic rings. The first kappa shape index (κ1) is 11.7. The van der Waals surface area contributed by atoms with Crippen molar-refractivity contribution in [3.8, 4) is 0 Å². The molecule has 5 heteroatoms. The number of aryl methyl sites for hydroxylation is 1. The molecule has 1 N–H and O–H groups in total. The number of rotatable bonds is 5. The maximum absolute atomic E-state index is 4.27. The summed E-state index contributed by atoms with van der Waals surface area (Å²) in [5.41, 5.74) is 2.22. The molecule has 5 nitrogen and oxygen atoms in total. The molecule has 2 aromatic heterocycles. The van der Waals surface area contributed by atoms with Gasteiger partial charge in [-0.25, -0.2) is 9.97 Å². The Bertz CT molecular complexity index is 451. The highest BCUT2D eigenvalue weighted by Gasteiger charge is 2.12. The number of likely N-dealkylation sites (N-methyl/N-ethyl adjacent to an activating group) is 1. The van der Waals surface area contributed by atoms with Crippen LogP contribution in [0.1, 0.15) is 24.2 Å². The van der Waals surface area contributed by atoms with E-state index < -0.39 is 0 Å². The maximum atomic E-state index is 4.27. The molecule has 0 fully saturated rings. The van der Waals surface area contributed by atoms with Gasteiger partial charge in [0.15, 0.2) is 0 Å². The molecular weight excluding hydrogens is 214 g/mol. The van der Waals surface area contributed by atoms with Gasteiger partial charge in [0.1, 0.15) is 6.33 Å². The highest BCUT2D eigenvalue weighted by molar-refractivity contribution is 5.13. The minimum absolute atomic E-state index is 0.201. The van der Waals surface area contributed by atoms with E-state index in [-0.39, 0.29) is 6.04 Å². The van der Waals surface area contributed by atoms with Gasteiger partial charge in [0.05, 0.1) is 17.9 Å². The van der Waals surface area contributed by atoms with Crippen LogP contribution in [0.2, 0.25) is 0 Å². The zero-order chi connectivity index (χ0) is 12.1. The van der Waals surface area contributed by atoms with E-state index in [0.29, 0.717) is 0 Å². The maximum Gasteiger partial charge on any atom is 0.115 e. The molecule has 0 spiro atoms. The third-order valence-corrected chi connectivity index (χ3v) is 2.76. The molecule has 0 amide bonds. The third-order valence-electron chi connectivity index (χ3n) is 2.76. The van der Waals surface area contributed by atoms with E-state index in [1.807, 2.05) is 24.0 Å². The van der Waals surface area contributed by atoms with Crippen LogP contribution in [0, 0.1) is 0 Å². The van der Waals surface area contributed by atoms with Crippen molar-refractivity contribution in [2.75, 3.05) is 7.05 Å². The molecular formula is C12H17N5. The molecule has 1 atom stereocenters. The van der Waals surface area contributed by atoms with Crippen molar-refractivity contribution in [2.45, 2.75) is 25.9 Å². The standard InChI is InChI=1S/C12H17N5/c1-3-17-8-10(7-16-17)6-12(13-2)11-4-5-14-9-15-11/h4-5,7-9,12-13H,3,6H2,1-2H3. The minimum atomic E-state index is 0.201. The van der Waals surface area contributed by atoms with Crippen LogP contribution in [0.3, 0.4) is 0 Å². The second kappa shape index (κ2) is 5.54. The molecule has 2 rings (SSSR count). The molecule has 0 radical (unpaired) electrons. The van der Waals surface area contributed by atoms with Crippen LogP contribution in [-0.4, -0.2) is 26.8 Å². The first-order valence-electron chi connectivity index (χ1n) is 5.78. The minimum Gasteiger partial charge on any atom is -0.311 e. The quantitative estimate of drug-likeness (QED) is 0.840. The van der Waals surface area contributed by atoms with E-state index in [9.17, 15) is 0 Å². The Kier molecular flexibility index (Phi) is 3.82. The summed E-state index contributed by atoms with van der Waals surface area (Å²) in [5.74, 6) is 0. The van der Waals surface area contributed by atoms with Crippen LogP contribution in [0.4, 0.5) is 0 Å². The van der Waals surface area contributed by atoms with Crippen molar-refractivity contribution < 1.29 is 0 Å². The van der Waals surface area contributed by atoms with Gasteiger partial charge in [-0.3, -0.25) is 4.68 Å². The fourth-order valence-corrected chi connectivity index (χ4v) is 1.78. The van der Waals surface area contributed by atoms with Gasteiger partial charge in [-0.15, -0.1) is 0 Å². The molecule has 0 aliphatic rings. The lowest BCUT2D eigenvalue weighted by Gasteiger charge is -2.13. The average molecular weight is 231 g/mol. The molecule has 0 aliphatic carbocycles. The van der Waals surface area contributed by atoms with Crippen molar-refractivity contribution >= 4 is 0 Å². The smallest absolute Gasteiger partial charge is 0.115 e. The Hall–Kier alpha value is -1.75. The Morgan fingerprint density at radius 2 is 2.35 bits per heavy atom. The van der Waals surface area contributed by atoms with E-state index in [4.69, 9.17) is 0 Å². The molecule has 0 saturated heterocycles. The molecule has 2 heterocycles. The van der Waals surface area contributed by atoms with Gasteiger partial charge in [0, 0.05) is 18.9 Å². The summed E-state index contributed by atoms with van der Waals surface area (Å²) >= 11 is 0. The van der Waals surface area contributed by atoms with E-state index in [1.54, 1.807) is 12.5 Å². The van der Waals surface area contributed by atoms with Gasteiger partial charge in [-0.2, -0.15) is 5.10 Å². The zero-order valence-electron chi connectivity index (χ0n) is 10.2. The van der Waals surface area contributed by atoms with Gasteiger partial charge in [0.2, 0.25) is 0 Å². The molecule has 0 aliphatic heterocycles. The number of hydrogen-bond donors (Lipinski definition) is 1. The Morgan fingerprint density at radius 1 is 1.47 bits per heavy atom. The number of nitrogens with one attached hydrogen (secondary N) is 1. The van der Waals surface area contributed by atoms with Gasteiger partial charge in [-0.1, -0.05) is 0 Å². The summed E-state index contributed by atoms with van der Waals surface area (Å²) in [5, 5.41) is 7.54. The Balaban J connectivity index is 2.10. The largest absolute Gasteiger partial charge is 0.311 e. The van der Waals surface area contributed by atoms with Crippen LogP contribution >= 0.6 is 0 Å². The molecule has 1 unspecified atom stereocenters. The molecule has 90 valence electrons. The second-order valence-electron chi connectivity index (χ2n) is 3.88. The average Bonchev–Trinajstić information content (AvgIpc) is 2.84. The van der Waals surface area contributed by atoms with Crippen molar-refractivity contribution in [2.24, 2.45) is 0 Å². The molecule has 17 heavy (non-hydrogen) atoms. The SMILES string of the molecule is CCn1cc(CC(NC)c2ccncn2)cn1. The fraction of sp³-hybridized carbons (Fsp3) is 0.417. The molecule has 0 saturated carbocycles. The lowest BCUT2D eigenvalue weighted by molar-refractivity contribution is 0.573. The lowest BCUT2D eigenvalue weighted by Crippen LogP contribution is -2.19. The van der Waals surface area contributed by atoms with Gasteiger partial charge in [-0.05, 0) is 32.0 Å². The van der Waals surface area contributed by atoms with Crippen LogP contribution in [0.5, 0.6) is 0 Å². The van der Waals surface area contributed by atoms with E-state index in [0.717, 1.165) is 18.7 Å². The van der Waals surface area contributed by atoms with Crippen LogP contribution in [0.15, 0.2) is 31.0 Å².